The highest BCUT2D eigenvalue weighted by Crippen LogP contribution is 2.28. The molecule has 0 fully saturated rings. The predicted octanol–water partition coefficient (Wildman–Crippen LogP) is 4.11. The molecule has 92 valence electrons. The fourth-order valence-corrected chi connectivity index (χ4v) is 3.44. The number of anilines is 1. The second-order valence-corrected chi connectivity index (χ2v) is 6.68. The third-order valence-corrected chi connectivity index (χ3v) is 4.64. The van der Waals surface area contributed by atoms with E-state index in [4.69, 9.17) is 0 Å². The molecule has 5 heteroatoms. The zero-order valence-electron chi connectivity index (χ0n) is 9.71. The maximum Gasteiger partial charge on any atom is 0.161 e. The first-order valence-electron chi connectivity index (χ1n) is 5.51. The summed E-state index contributed by atoms with van der Waals surface area (Å²) in [5, 5.41) is 4.66. The first-order valence-corrected chi connectivity index (χ1v) is 7.47. The van der Waals surface area contributed by atoms with E-state index in [9.17, 15) is 4.39 Å². The number of benzene rings is 1. The first kappa shape index (κ1) is 13.1. The molecule has 0 radical (unpaired) electrons. The van der Waals surface area contributed by atoms with Gasteiger partial charge < -0.3 is 5.32 Å². The molecule has 2 rings (SSSR count). The zero-order chi connectivity index (χ0) is 12.4. The lowest BCUT2D eigenvalue weighted by atomic mass is 10.2. The van der Waals surface area contributed by atoms with Gasteiger partial charge in [0.25, 0.3) is 0 Å². The van der Waals surface area contributed by atoms with Crippen LogP contribution in [-0.2, 0) is 0 Å². The normalized spacial score (nSPS) is 24.4. The summed E-state index contributed by atoms with van der Waals surface area (Å²) in [5.74, 6) is -0.196. The Kier molecular flexibility index (Phi) is 4.30. The molecule has 0 amide bonds. The van der Waals surface area contributed by atoms with Crippen LogP contribution in [0.5, 0.6) is 0 Å². The molecular formula is C12H14FIN2S. The largest absolute Gasteiger partial charge is 0.334 e. The highest BCUT2D eigenvalue weighted by molar-refractivity contribution is 14.1. The zero-order valence-corrected chi connectivity index (χ0v) is 12.7. The van der Waals surface area contributed by atoms with Crippen molar-refractivity contribution in [3.8, 4) is 0 Å². The summed E-state index contributed by atoms with van der Waals surface area (Å²) in [6.07, 6.45) is 1.09. The van der Waals surface area contributed by atoms with Crippen molar-refractivity contribution in [1.29, 1.82) is 0 Å². The highest BCUT2D eigenvalue weighted by Gasteiger charge is 2.19. The summed E-state index contributed by atoms with van der Waals surface area (Å²) in [4.78, 5) is 4.54. The molecule has 0 saturated heterocycles. The molecule has 1 aliphatic rings. The van der Waals surface area contributed by atoms with Crippen LogP contribution in [-0.4, -0.2) is 16.5 Å². The molecule has 0 spiro atoms. The Balaban J connectivity index is 2.18. The molecule has 17 heavy (non-hydrogen) atoms. The summed E-state index contributed by atoms with van der Waals surface area (Å²) < 4.78 is 14.0. The third kappa shape index (κ3) is 3.34. The van der Waals surface area contributed by atoms with Gasteiger partial charge in [0.2, 0.25) is 0 Å². The van der Waals surface area contributed by atoms with E-state index in [1.165, 1.54) is 6.07 Å². The number of nitrogens with zero attached hydrogens (tertiary/aromatic N) is 1. The molecule has 0 saturated carbocycles. The Morgan fingerprint density at radius 3 is 2.94 bits per heavy atom. The maximum absolute atomic E-state index is 13.4. The molecule has 0 aromatic heterocycles. The number of halogens is 2. The fraction of sp³-hybridized carbons (Fsp3) is 0.417. The van der Waals surface area contributed by atoms with Gasteiger partial charge in [-0.15, -0.1) is 0 Å². The Hall–Kier alpha value is -0.300. The Morgan fingerprint density at radius 2 is 2.24 bits per heavy atom. The molecule has 1 N–H and O–H groups in total. The maximum atomic E-state index is 13.4. The quantitative estimate of drug-likeness (QED) is 0.759. The van der Waals surface area contributed by atoms with Crippen molar-refractivity contribution < 1.29 is 4.39 Å². The van der Waals surface area contributed by atoms with Gasteiger partial charge in [0, 0.05) is 5.25 Å². The number of thioether (sulfide) groups is 1. The van der Waals surface area contributed by atoms with Crippen molar-refractivity contribution in [3.05, 3.63) is 27.6 Å². The van der Waals surface area contributed by atoms with Crippen molar-refractivity contribution in [1.82, 2.24) is 0 Å². The van der Waals surface area contributed by atoms with Gasteiger partial charge in [-0.1, -0.05) is 24.8 Å². The number of hydrogen-bond acceptors (Lipinski definition) is 3. The van der Waals surface area contributed by atoms with Gasteiger partial charge in [-0.25, -0.2) is 4.39 Å². The van der Waals surface area contributed by atoms with Crippen LogP contribution < -0.4 is 5.32 Å². The molecule has 1 aromatic rings. The van der Waals surface area contributed by atoms with Gasteiger partial charge in [-0.3, -0.25) is 4.99 Å². The lowest BCUT2D eigenvalue weighted by Crippen LogP contribution is -2.23. The van der Waals surface area contributed by atoms with Gasteiger partial charge in [0.1, 0.15) is 5.82 Å². The summed E-state index contributed by atoms with van der Waals surface area (Å²) in [7, 11) is 0. The monoisotopic (exact) mass is 364 g/mol. The molecule has 1 aromatic carbocycles. The first-order chi connectivity index (χ1) is 8.06. The Morgan fingerprint density at radius 1 is 1.47 bits per heavy atom. The SMILES string of the molecule is CC1CC(C)SC(Nc2cccc(F)c2I)=N1. The van der Waals surface area contributed by atoms with Crippen LogP contribution in [0.3, 0.4) is 0 Å². The molecular weight excluding hydrogens is 350 g/mol. The Labute approximate surface area is 119 Å². The molecule has 0 aliphatic carbocycles. The van der Waals surface area contributed by atoms with E-state index in [2.05, 4.69) is 24.2 Å². The Bertz CT molecular complexity index is 450. The van der Waals surface area contributed by atoms with Gasteiger partial charge >= 0.3 is 0 Å². The lowest BCUT2D eigenvalue weighted by Gasteiger charge is -2.23. The third-order valence-electron chi connectivity index (χ3n) is 2.52. The van der Waals surface area contributed by atoms with Crippen LogP contribution in [0.2, 0.25) is 0 Å². The minimum atomic E-state index is -0.196. The minimum absolute atomic E-state index is 0.196. The topological polar surface area (TPSA) is 24.4 Å². The summed E-state index contributed by atoms with van der Waals surface area (Å²) >= 11 is 3.72. The van der Waals surface area contributed by atoms with Crippen molar-refractivity contribution in [2.75, 3.05) is 5.32 Å². The predicted molar refractivity (Wildman–Crippen MR) is 81.3 cm³/mol. The number of nitrogens with one attached hydrogen (secondary N) is 1. The average molecular weight is 364 g/mol. The van der Waals surface area contributed by atoms with E-state index in [0.29, 0.717) is 14.9 Å². The number of hydrogen-bond donors (Lipinski definition) is 1. The standard InChI is InChI=1S/C12H14FIN2S/c1-7-6-8(2)17-12(15-7)16-10-5-3-4-9(13)11(10)14/h3-5,7-8H,6H2,1-2H3,(H,15,16). The number of amidine groups is 1. The van der Waals surface area contributed by atoms with E-state index >= 15 is 0 Å². The van der Waals surface area contributed by atoms with E-state index in [0.717, 1.165) is 17.3 Å². The summed E-state index contributed by atoms with van der Waals surface area (Å²) in [5.41, 5.74) is 0.790. The number of aliphatic imine (C=N–C) groups is 1. The van der Waals surface area contributed by atoms with Crippen molar-refractivity contribution in [3.63, 3.8) is 0 Å². The van der Waals surface area contributed by atoms with Crippen molar-refractivity contribution >= 4 is 45.2 Å². The van der Waals surface area contributed by atoms with Gasteiger partial charge in [-0.2, -0.15) is 0 Å². The van der Waals surface area contributed by atoms with Crippen molar-refractivity contribution in [2.45, 2.75) is 31.6 Å². The van der Waals surface area contributed by atoms with Crippen LogP contribution in [0.15, 0.2) is 23.2 Å². The molecule has 1 heterocycles. The van der Waals surface area contributed by atoms with Gasteiger partial charge in [-0.05, 0) is 48.1 Å². The van der Waals surface area contributed by atoms with Crippen LogP contribution in [0.1, 0.15) is 20.3 Å². The lowest BCUT2D eigenvalue weighted by molar-refractivity contribution is 0.621. The van der Waals surface area contributed by atoms with Crippen LogP contribution in [0.4, 0.5) is 10.1 Å². The van der Waals surface area contributed by atoms with Crippen LogP contribution in [0, 0.1) is 9.39 Å². The fourth-order valence-electron chi connectivity index (χ4n) is 1.78. The molecule has 2 atom stereocenters. The smallest absolute Gasteiger partial charge is 0.161 e. The van der Waals surface area contributed by atoms with Crippen molar-refractivity contribution in [2.24, 2.45) is 4.99 Å². The van der Waals surface area contributed by atoms with E-state index in [-0.39, 0.29) is 5.82 Å². The molecule has 2 unspecified atom stereocenters. The molecule has 1 aliphatic heterocycles. The van der Waals surface area contributed by atoms with Crippen LogP contribution in [0.25, 0.3) is 0 Å². The van der Waals surface area contributed by atoms with E-state index in [1.54, 1.807) is 17.8 Å². The van der Waals surface area contributed by atoms with E-state index in [1.807, 2.05) is 28.7 Å². The van der Waals surface area contributed by atoms with Gasteiger partial charge in [0.15, 0.2) is 5.17 Å². The van der Waals surface area contributed by atoms with Gasteiger partial charge in [0.05, 0.1) is 15.3 Å². The molecule has 0 bridgehead atoms. The average Bonchev–Trinajstić information content (AvgIpc) is 2.23. The number of rotatable bonds is 1. The molecule has 2 nitrogen and oxygen atoms in total. The van der Waals surface area contributed by atoms with E-state index < -0.39 is 0 Å². The van der Waals surface area contributed by atoms with Crippen LogP contribution >= 0.6 is 34.4 Å². The minimum Gasteiger partial charge on any atom is -0.334 e. The summed E-state index contributed by atoms with van der Waals surface area (Å²) in [6, 6.07) is 5.38. The second-order valence-electron chi connectivity index (χ2n) is 4.17. The second kappa shape index (κ2) is 5.56. The highest BCUT2D eigenvalue weighted by atomic mass is 127. The summed E-state index contributed by atoms with van der Waals surface area (Å²) in [6.45, 7) is 4.29.